The molecule has 0 aliphatic carbocycles. The Morgan fingerprint density at radius 1 is 1.42 bits per heavy atom. The van der Waals surface area contributed by atoms with Crippen molar-refractivity contribution in [3.8, 4) is 0 Å². The Morgan fingerprint density at radius 3 is 2.71 bits per heavy atom. The second-order valence-corrected chi connectivity index (χ2v) is 6.91. The molecular weight excluding hydrogens is 313 g/mol. The van der Waals surface area contributed by atoms with Crippen molar-refractivity contribution in [2.24, 2.45) is 5.92 Å². The van der Waals surface area contributed by atoms with Gasteiger partial charge in [-0.05, 0) is 32.9 Å². The molecule has 0 aromatic carbocycles. The molecule has 1 atom stereocenters. The second kappa shape index (κ2) is 7.59. The van der Waals surface area contributed by atoms with Crippen molar-refractivity contribution < 1.29 is 18.7 Å². The van der Waals surface area contributed by atoms with Crippen LogP contribution in [0.15, 0.2) is 24.4 Å². The third-order valence-corrected chi connectivity index (χ3v) is 3.63. The van der Waals surface area contributed by atoms with Crippen molar-refractivity contribution in [3.05, 3.63) is 30.1 Å². The molecule has 0 unspecified atom stereocenters. The summed E-state index contributed by atoms with van der Waals surface area (Å²) >= 11 is 0. The highest BCUT2D eigenvalue weighted by molar-refractivity contribution is 5.81. The van der Waals surface area contributed by atoms with Crippen LogP contribution in [0.4, 0.5) is 9.18 Å². The third kappa shape index (κ3) is 5.18. The van der Waals surface area contributed by atoms with Gasteiger partial charge in [-0.15, -0.1) is 0 Å². The highest BCUT2D eigenvalue weighted by atomic mass is 19.1. The van der Waals surface area contributed by atoms with Crippen LogP contribution in [0.25, 0.3) is 0 Å². The largest absolute Gasteiger partial charge is 0.444 e. The Balaban J connectivity index is 1.68. The molecule has 2 rings (SSSR count). The van der Waals surface area contributed by atoms with Gasteiger partial charge in [-0.3, -0.25) is 9.78 Å². The number of nitrogens with one attached hydrogen (secondary N) is 1. The molecule has 1 fully saturated rings. The van der Waals surface area contributed by atoms with Crippen LogP contribution >= 0.6 is 0 Å². The van der Waals surface area contributed by atoms with E-state index in [2.05, 4.69) is 10.3 Å². The van der Waals surface area contributed by atoms with Gasteiger partial charge in [0.05, 0.1) is 0 Å². The first-order valence-electron chi connectivity index (χ1n) is 8.06. The molecule has 1 saturated heterocycles. The summed E-state index contributed by atoms with van der Waals surface area (Å²) in [7, 11) is 0. The molecule has 24 heavy (non-hydrogen) atoms. The van der Waals surface area contributed by atoms with Crippen molar-refractivity contribution >= 4 is 12.0 Å². The van der Waals surface area contributed by atoms with Crippen LogP contribution in [0, 0.1) is 5.92 Å². The van der Waals surface area contributed by atoms with E-state index in [0.29, 0.717) is 13.0 Å². The number of pyridine rings is 1. The lowest BCUT2D eigenvalue weighted by Gasteiger charge is -2.40. The summed E-state index contributed by atoms with van der Waals surface area (Å²) in [6.45, 7) is 6.05. The monoisotopic (exact) mass is 337 g/mol. The minimum absolute atomic E-state index is 0.198. The molecular formula is C17H24FN3O3. The fraction of sp³-hybridized carbons (Fsp3) is 0.588. The van der Waals surface area contributed by atoms with E-state index in [-0.39, 0.29) is 13.1 Å². The fourth-order valence-corrected chi connectivity index (χ4v) is 2.34. The Morgan fingerprint density at radius 2 is 2.12 bits per heavy atom. The minimum atomic E-state index is -1.62. The Hall–Kier alpha value is -2.18. The summed E-state index contributed by atoms with van der Waals surface area (Å²) in [5.74, 6) is -1.12. The average Bonchev–Trinajstić information content (AvgIpc) is 2.44. The molecule has 7 heteroatoms. The smallest absolute Gasteiger partial charge is 0.410 e. The third-order valence-electron chi connectivity index (χ3n) is 3.63. The zero-order valence-corrected chi connectivity index (χ0v) is 14.3. The maximum atomic E-state index is 14.1. The summed E-state index contributed by atoms with van der Waals surface area (Å²) in [4.78, 5) is 29.2. The average molecular weight is 337 g/mol. The molecule has 6 nitrogen and oxygen atoms in total. The molecule has 0 spiro atoms. The van der Waals surface area contributed by atoms with Crippen LogP contribution in [0.2, 0.25) is 0 Å². The standard InChI is InChI=1S/C17H24FN3O3/c1-17(2,3)24-16(23)21-10-12(11-21)14(18)15(22)20-9-7-13-6-4-5-8-19-13/h4-6,8,12,14H,7,9-11H2,1-3H3,(H,20,22)/t14-/m1/s1. The predicted molar refractivity (Wildman–Crippen MR) is 87.1 cm³/mol. The van der Waals surface area contributed by atoms with Crippen LogP contribution in [0.1, 0.15) is 26.5 Å². The molecule has 132 valence electrons. The fourth-order valence-electron chi connectivity index (χ4n) is 2.34. The van der Waals surface area contributed by atoms with Gasteiger partial charge in [0.15, 0.2) is 6.17 Å². The summed E-state index contributed by atoms with van der Waals surface area (Å²) in [6.07, 6.45) is 0.136. The molecule has 1 aliphatic heterocycles. The number of hydrogen-bond donors (Lipinski definition) is 1. The second-order valence-electron chi connectivity index (χ2n) is 6.91. The van der Waals surface area contributed by atoms with E-state index in [1.165, 1.54) is 4.90 Å². The van der Waals surface area contributed by atoms with E-state index in [1.54, 1.807) is 27.0 Å². The van der Waals surface area contributed by atoms with E-state index in [1.807, 2.05) is 18.2 Å². The lowest BCUT2D eigenvalue weighted by atomic mass is 9.94. The molecule has 0 radical (unpaired) electrons. The van der Waals surface area contributed by atoms with E-state index in [4.69, 9.17) is 4.74 Å². The zero-order chi connectivity index (χ0) is 17.7. The van der Waals surface area contributed by atoms with Crippen LogP contribution in [0.3, 0.4) is 0 Å². The number of ether oxygens (including phenoxy) is 1. The molecule has 0 saturated carbocycles. The molecule has 1 aromatic heterocycles. The van der Waals surface area contributed by atoms with Gasteiger partial charge in [0.2, 0.25) is 0 Å². The number of hydrogen-bond acceptors (Lipinski definition) is 4. The summed E-state index contributed by atoms with van der Waals surface area (Å²) in [6, 6.07) is 5.53. The normalized spacial score (nSPS) is 16.2. The highest BCUT2D eigenvalue weighted by Crippen LogP contribution is 2.24. The Bertz CT molecular complexity index is 568. The Labute approximate surface area is 141 Å². The first-order chi connectivity index (χ1) is 11.3. The first-order valence-corrected chi connectivity index (χ1v) is 8.06. The van der Waals surface area contributed by atoms with Crippen LogP contribution < -0.4 is 5.32 Å². The van der Waals surface area contributed by atoms with Gasteiger partial charge in [-0.2, -0.15) is 0 Å². The van der Waals surface area contributed by atoms with Gasteiger partial charge >= 0.3 is 6.09 Å². The number of likely N-dealkylation sites (tertiary alicyclic amines) is 1. The van der Waals surface area contributed by atoms with E-state index in [0.717, 1.165) is 5.69 Å². The van der Waals surface area contributed by atoms with Crippen molar-refractivity contribution in [3.63, 3.8) is 0 Å². The van der Waals surface area contributed by atoms with Gasteiger partial charge in [0.25, 0.3) is 5.91 Å². The minimum Gasteiger partial charge on any atom is -0.444 e. The molecule has 1 N–H and O–H groups in total. The van der Waals surface area contributed by atoms with Gasteiger partial charge in [-0.1, -0.05) is 6.07 Å². The number of carbonyl (C=O) groups is 2. The first kappa shape index (κ1) is 18.2. The lowest BCUT2D eigenvalue weighted by molar-refractivity contribution is -0.130. The van der Waals surface area contributed by atoms with Gasteiger partial charge < -0.3 is 15.0 Å². The molecule has 1 aliphatic rings. The lowest BCUT2D eigenvalue weighted by Crippen LogP contribution is -2.57. The molecule has 2 amide bonds. The van der Waals surface area contributed by atoms with Crippen LogP contribution in [-0.4, -0.2) is 53.3 Å². The van der Waals surface area contributed by atoms with Gasteiger partial charge in [0.1, 0.15) is 5.60 Å². The number of amides is 2. The number of rotatable bonds is 5. The summed E-state index contributed by atoms with van der Waals surface area (Å²) in [5, 5.41) is 2.57. The SMILES string of the molecule is CC(C)(C)OC(=O)N1CC([C@@H](F)C(=O)NCCc2ccccn2)C1. The zero-order valence-electron chi connectivity index (χ0n) is 14.3. The van der Waals surface area contributed by atoms with E-state index < -0.39 is 29.7 Å². The van der Waals surface area contributed by atoms with Crippen molar-refractivity contribution in [1.29, 1.82) is 0 Å². The number of halogens is 1. The van der Waals surface area contributed by atoms with Crippen molar-refractivity contribution in [2.75, 3.05) is 19.6 Å². The maximum absolute atomic E-state index is 14.1. The highest BCUT2D eigenvalue weighted by Gasteiger charge is 2.41. The van der Waals surface area contributed by atoms with Crippen molar-refractivity contribution in [1.82, 2.24) is 15.2 Å². The number of carbonyl (C=O) groups excluding carboxylic acids is 2. The molecule has 1 aromatic rings. The van der Waals surface area contributed by atoms with Gasteiger partial charge in [-0.25, -0.2) is 9.18 Å². The number of nitrogens with zero attached hydrogens (tertiary/aromatic N) is 2. The molecule has 0 bridgehead atoms. The van der Waals surface area contributed by atoms with Gasteiger partial charge in [0, 0.05) is 43.9 Å². The summed E-state index contributed by atoms with van der Waals surface area (Å²) in [5.41, 5.74) is 0.257. The number of alkyl halides is 1. The predicted octanol–water partition coefficient (Wildman–Crippen LogP) is 1.95. The molecule has 2 heterocycles. The Kier molecular flexibility index (Phi) is 5.75. The van der Waals surface area contributed by atoms with Crippen LogP contribution in [0.5, 0.6) is 0 Å². The quantitative estimate of drug-likeness (QED) is 0.891. The maximum Gasteiger partial charge on any atom is 0.410 e. The number of aromatic nitrogens is 1. The van der Waals surface area contributed by atoms with Crippen LogP contribution in [-0.2, 0) is 16.0 Å². The summed E-state index contributed by atoms with van der Waals surface area (Å²) < 4.78 is 19.3. The topological polar surface area (TPSA) is 71.5 Å². The van der Waals surface area contributed by atoms with E-state index in [9.17, 15) is 14.0 Å². The van der Waals surface area contributed by atoms with E-state index >= 15 is 0 Å². The van der Waals surface area contributed by atoms with Crippen molar-refractivity contribution in [2.45, 2.75) is 39.0 Å².